The van der Waals surface area contributed by atoms with Gasteiger partial charge in [-0.15, -0.1) is 0 Å². The second-order valence-electron chi connectivity index (χ2n) is 5.93. The van der Waals surface area contributed by atoms with Gasteiger partial charge in [-0.3, -0.25) is 14.4 Å². The molecule has 0 radical (unpaired) electrons. The maximum atomic E-state index is 12.4. The Bertz CT molecular complexity index is 1080. The number of amides is 2. The van der Waals surface area contributed by atoms with Crippen LogP contribution in [-0.4, -0.2) is 23.0 Å². The van der Waals surface area contributed by atoms with Crippen molar-refractivity contribution in [1.82, 2.24) is 4.57 Å². The summed E-state index contributed by atoms with van der Waals surface area (Å²) >= 11 is 0. The number of hydrogen-bond acceptors (Lipinski definition) is 5. The highest BCUT2D eigenvalue weighted by atomic mass is 16.5. The van der Waals surface area contributed by atoms with Crippen molar-refractivity contribution >= 4 is 23.2 Å². The van der Waals surface area contributed by atoms with Crippen molar-refractivity contribution < 1.29 is 18.7 Å². The average molecular weight is 365 g/mol. The molecule has 27 heavy (non-hydrogen) atoms. The fourth-order valence-corrected chi connectivity index (χ4v) is 2.70. The van der Waals surface area contributed by atoms with Crippen LogP contribution in [0.4, 0.5) is 11.4 Å². The van der Waals surface area contributed by atoms with Crippen LogP contribution in [0.5, 0.6) is 5.75 Å². The molecule has 4 rings (SSSR count). The summed E-state index contributed by atoms with van der Waals surface area (Å²) in [6.45, 7) is 0.202. The number of rotatable bonds is 4. The lowest BCUT2D eigenvalue weighted by Crippen LogP contribution is -2.25. The van der Waals surface area contributed by atoms with Gasteiger partial charge in [0.25, 0.3) is 17.4 Å². The van der Waals surface area contributed by atoms with Gasteiger partial charge >= 0.3 is 0 Å². The van der Waals surface area contributed by atoms with Gasteiger partial charge in [0, 0.05) is 18.0 Å². The molecule has 2 amide bonds. The van der Waals surface area contributed by atoms with Crippen molar-refractivity contribution in [2.24, 2.45) is 0 Å². The van der Waals surface area contributed by atoms with Crippen LogP contribution < -0.4 is 20.9 Å². The van der Waals surface area contributed by atoms with Gasteiger partial charge in [-0.2, -0.15) is 0 Å². The smallest absolute Gasteiger partial charge is 0.291 e. The number of carbonyl (C=O) groups is 2. The molecule has 3 aromatic rings. The normalized spacial score (nSPS) is 12.7. The van der Waals surface area contributed by atoms with Crippen LogP contribution in [-0.2, 0) is 11.3 Å². The number of benzene rings is 1. The first-order chi connectivity index (χ1) is 13.1. The minimum atomic E-state index is -0.440. The quantitative estimate of drug-likeness (QED) is 0.737. The number of hydrogen-bond donors (Lipinski definition) is 2. The van der Waals surface area contributed by atoms with Gasteiger partial charge < -0.3 is 24.4 Å². The van der Waals surface area contributed by atoms with E-state index in [1.807, 2.05) is 0 Å². The van der Waals surface area contributed by atoms with Crippen LogP contribution >= 0.6 is 0 Å². The van der Waals surface area contributed by atoms with E-state index in [4.69, 9.17) is 9.15 Å². The van der Waals surface area contributed by atoms with E-state index in [9.17, 15) is 14.4 Å². The summed E-state index contributed by atoms with van der Waals surface area (Å²) in [6, 6.07) is 13.0. The molecule has 0 aliphatic carbocycles. The Kier molecular flexibility index (Phi) is 4.21. The molecule has 0 atom stereocenters. The van der Waals surface area contributed by atoms with Crippen LogP contribution in [0, 0.1) is 0 Å². The largest absolute Gasteiger partial charge is 0.482 e. The van der Waals surface area contributed by atoms with E-state index >= 15 is 0 Å². The van der Waals surface area contributed by atoms with Crippen molar-refractivity contribution in [1.29, 1.82) is 0 Å². The minimum Gasteiger partial charge on any atom is -0.482 e. The summed E-state index contributed by atoms with van der Waals surface area (Å²) in [7, 11) is 0. The molecule has 3 heterocycles. The molecule has 0 fully saturated rings. The zero-order valence-corrected chi connectivity index (χ0v) is 14.1. The van der Waals surface area contributed by atoms with E-state index in [0.717, 1.165) is 0 Å². The number of fused-ring (bicyclic) bond motifs is 1. The van der Waals surface area contributed by atoms with E-state index in [-0.39, 0.29) is 30.4 Å². The lowest BCUT2D eigenvalue weighted by Gasteiger charge is -2.18. The fourth-order valence-electron chi connectivity index (χ4n) is 2.70. The summed E-state index contributed by atoms with van der Waals surface area (Å²) in [5.74, 6) is 0.454. The highest BCUT2D eigenvalue weighted by Crippen LogP contribution is 2.30. The molecule has 0 unspecified atom stereocenters. The highest BCUT2D eigenvalue weighted by molar-refractivity contribution is 6.03. The third kappa shape index (κ3) is 3.59. The number of carbonyl (C=O) groups excluding carboxylic acids is 2. The van der Waals surface area contributed by atoms with Gasteiger partial charge in [0.2, 0.25) is 0 Å². The molecule has 0 saturated heterocycles. The Morgan fingerprint density at radius 3 is 2.89 bits per heavy atom. The van der Waals surface area contributed by atoms with Gasteiger partial charge in [0.1, 0.15) is 11.5 Å². The van der Waals surface area contributed by atoms with Crippen LogP contribution in [0.1, 0.15) is 16.3 Å². The van der Waals surface area contributed by atoms with Gasteiger partial charge in [0.15, 0.2) is 12.4 Å². The first-order valence-electron chi connectivity index (χ1n) is 8.21. The Labute approximate surface area is 153 Å². The molecule has 0 saturated carbocycles. The summed E-state index contributed by atoms with van der Waals surface area (Å²) in [4.78, 5) is 35.5. The average Bonchev–Trinajstić information content (AvgIpc) is 3.12. The predicted octanol–water partition coefficient (Wildman–Crippen LogP) is 2.07. The number of nitrogens with zero attached hydrogens (tertiary/aromatic N) is 1. The molecule has 0 spiro atoms. The maximum absolute atomic E-state index is 12.4. The van der Waals surface area contributed by atoms with Crippen molar-refractivity contribution in [2.45, 2.75) is 6.54 Å². The number of furan rings is 1. The van der Waals surface area contributed by atoms with Crippen LogP contribution in [0.2, 0.25) is 0 Å². The highest BCUT2D eigenvalue weighted by Gasteiger charge is 2.17. The second kappa shape index (κ2) is 6.83. The molecule has 136 valence electrons. The standard InChI is InChI=1S/C19H15N3O5/c23-17-11-26-15-6-4-12(9-14(15)21-17)20-19(25)16-7-5-13(27-16)10-22-8-2-1-3-18(22)24/h1-9H,10-11H2,(H,20,25)(H,21,23). The van der Waals surface area contributed by atoms with Crippen LogP contribution in [0.25, 0.3) is 0 Å². The van der Waals surface area contributed by atoms with E-state index < -0.39 is 5.91 Å². The molecule has 0 bridgehead atoms. The van der Waals surface area contributed by atoms with Crippen molar-refractivity contribution in [3.63, 3.8) is 0 Å². The summed E-state index contributed by atoms with van der Waals surface area (Å²) in [6.07, 6.45) is 1.65. The third-order valence-electron chi connectivity index (χ3n) is 3.98. The Balaban J connectivity index is 1.47. The van der Waals surface area contributed by atoms with Crippen molar-refractivity contribution in [2.75, 3.05) is 17.2 Å². The van der Waals surface area contributed by atoms with Crippen LogP contribution in [0.15, 0.2) is 63.9 Å². The number of pyridine rings is 1. The molecule has 8 nitrogen and oxygen atoms in total. The number of anilines is 2. The van der Waals surface area contributed by atoms with Crippen molar-refractivity contribution in [3.8, 4) is 5.75 Å². The number of aromatic nitrogens is 1. The first kappa shape index (κ1) is 16.6. The predicted molar refractivity (Wildman–Crippen MR) is 97.0 cm³/mol. The zero-order chi connectivity index (χ0) is 18.8. The molecule has 2 aromatic heterocycles. The van der Waals surface area contributed by atoms with E-state index in [2.05, 4.69) is 10.6 Å². The van der Waals surface area contributed by atoms with Crippen molar-refractivity contribution in [3.05, 3.63) is 76.6 Å². The summed E-state index contributed by atoms with van der Waals surface area (Å²) in [5, 5.41) is 5.38. The van der Waals surface area contributed by atoms with Gasteiger partial charge in [-0.25, -0.2) is 0 Å². The van der Waals surface area contributed by atoms with E-state index in [1.165, 1.54) is 10.6 Å². The Morgan fingerprint density at radius 1 is 1.15 bits per heavy atom. The number of nitrogens with one attached hydrogen (secondary N) is 2. The second-order valence-corrected chi connectivity index (χ2v) is 5.93. The molecular formula is C19H15N3O5. The summed E-state index contributed by atoms with van der Waals surface area (Å²) < 4.78 is 12.3. The van der Waals surface area contributed by atoms with Gasteiger partial charge in [-0.05, 0) is 36.4 Å². The SMILES string of the molecule is O=C1COc2ccc(NC(=O)c3ccc(Cn4ccccc4=O)o3)cc2N1. The van der Waals surface area contributed by atoms with E-state index in [0.29, 0.717) is 22.9 Å². The van der Waals surface area contributed by atoms with Crippen LogP contribution in [0.3, 0.4) is 0 Å². The monoisotopic (exact) mass is 365 g/mol. The molecule has 8 heteroatoms. The summed E-state index contributed by atoms with van der Waals surface area (Å²) in [5.41, 5.74) is 0.827. The molecule has 1 aliphatic rings. The minimum absolute atomic E-state index is 0.0294. The Morgan fingerprint density at radius 2 is 2.04 bits per heavy atom. The molecule has 1 aromatic carbocycles. The lowest BCUT2D eigenvalue weighted by molar-refractivity contribution is -0.118. The zero-order valence-electron chi connectivity index (χ0n) is 14.1. The molecular weight excluding hydrogens is 350 g/mol. The lowest BCUT2D eigenvalue weighted by atomic mass is 10.2. The molecule has 1 aliphatic heterocycles. The molecule has 2 N–H and O–H groups in total. The Hall–Kier alpha value is -3.81. The topological polar surface area (TPSA) is 103 Å². The number of ether oxygens (including phenoxy) is 1. The maximum Gasteiger partial charge on any atom is 0.291 e. The van der Waals surface area contributed by atoms with Gasteiger partial charge in [-0.1, -0.05) is 6.07 Å². The first-order valence-corrected chi connectivity index (χ1v) is 8.21. The van der Waals surface area contributed by atoms with Gasteiger partial charge in [0.05, 0.1) is 12.2 Å². The van der Waals surface area contributed by atoms with E-state index in [1.54, 1.807) is 48.7 Å². The third-order valence-corrected chi connectivity index (χ3v) is 3.98. The fraction of sp³-hybridized carbons (Fsp3) is 0.105.